The first-order valence-electron chi connectivity index (χ1n) is 9.35. The number of amides is 2. The summed E-state index contributed by atoms with van der Waals surface area (Å²) in [7, 11) is 0. The van der Waals surface area contributed by atoms with E-state index in [2.05, 4.69) is 45.0 Å². The number of nitrogens with zero attached hydrogens (tertiary/aromatic N) is 3. The summed E-state index contributed by atoms with van der Waals surface area (Å²) >= 11 is 1.66. The zero-order chi connectivity index (χ0) is 20.1. The van der Waals surface area contributed by atoms with Crippen molar-refractivity contribution in [3.63, 3.8) is 0 Å². The molecule has 1 aromatic carbocycles. The van der Waals surface area contributed by atoms with E-state index >= 15 is 0 Å². The van der Waals surface area contributed by atoms with Gasteiger partial charge in [-0.05, 0) is 24.3 Å². The Labute approximate surface area is 168 Å². The zero-order valence-corrected chi connectivity index (χ0v) is 17.3. The molecule has 7 nitrogen and oxygen atoms in total. The van der Waals surface area contributed by atoms with Crippen LogP contribution in [0.25, 0.3) is 11.5 Å². The number of hydrogen-bond donors (Lipinski definition) is 2. The van der Waals surface area contributed by atoms with E-state index in [0.717, 1.165) is 16.3 Å². The Morgan fingerprint density at radius 3 is 2.46 bits per heavy atom. The molecule has 2 heterocycles. The molecule has 8 heteroatoms. The minimum Gasteiger partial charge on any atom is -0.337 e. The molecule has 0 spiro atoms. The van der Waals surface area contributed by atoms with E-state index in [0.29, 0.717) is 36.3 Å². The normalized spacial score (nSPS) is 11.2. The summed E-state index contributed by atoms with van der Waals surface area (Å²) in [5.41, 5.74) is 2.52. The molecule has 0 radical (unpaired) electrons. The van der Waals surface area contributed by atoms with Gasteiger partial charge in [0.05, 0.1) is 10.7 Å². The van der Waals surface area contributed by atoms with E-state index in [4.69, 9.17) is 4.52 Å². The minimum atomic E-state index is -0.244. The average Bonchev–Trinajstić information content (AvgIpc) is 3.32. The van der Waals surface area contributed by atoms with Gasteiger partial charge in [-0.3, -0.25) is 0 Å². The van der Waals surface area contributed by atoms with Crippen LogP contribution in [0.15, 0.2) is 34.2 Å². The van der Waals surface area contributed by atoms with Crippen LogP contribution in [0.3, 0.4) is 0 Å². The maximum atomic E-state index is 12.1. The molecule has 3 aromatic rings. The van der Waals surface area contributed by atoms with Gasteiger partial charge in [0, 0.05) is 41.4 Å². The van der Waals surface area contributed by atoms with Crippen LogP contribution >= 0.6 is 11.3 Å². The molecular formula is C20H25N5O2S. The van der Waals surface area contributed by atoms with E-state index in [-0.39, 0.29) is 11.9 Å². The number of benzene rings is 1. The lowest BCUT2D eigenvalue weighted by Crippen LogP contribution is -2.30. The van der Waals surface area contributed by atoms with Gasteiger partial charge in [-0.2, -0.15) is 4.98 Å². The number of carbonyl (C=O) groups is 1. The van der Waals surface area contributed by atoms with Crippen molar-refractivity contribution in [1.82, 2.24) is 20.4 Å². The van der Waals surface area contributed by atoms with Crippen molar-refractivity contribution in [2.45, 2.75) is 46.0 Å². The highest BCUT2D eigenvalue weighted by atomic mass is 32.1. The van der Waals surface area contributed by atoms with Gasteiger partial charge >= 0.3 is 6.03 Å². The van der Waals surface area contributed by atoms with Crippen LogP contribution in [0, 0.1) is 0 Å². The van der Waals surface area contributed by atoms with Gasteiger partial charge in [0.2, 0.25) is 0 Å². The minimum absolute atomic E-state index is 0.211. The second-order valence-corrected chi connectivity index (χ2v) is 8.04. The van der Waals surface area contributed by atoms with Gasteiger partial charge in [0.25, 0.3) is 5.89 Å². The number of carbonyl (C=O) groups excluding carboxylic acids is 1. The molecule has 0 saturated heterocycles. The Bertz CT molecular complexity index is 915. The van der Waals surface area contributed by atoms with Crippen LogP contribution in [0.1, 0.15) is 56.1 Å². The number of anilines is 1. The van der Waals surface area contributed by atoms with Crippen molar-refractivity contribution in [2.24, 2.45) is 0 Å². The Balaban J connectivity index is 1.48. The molecule has 0 fully saturated rings. The molecule has 0 bridgehead atoms. The molecule has 2 amide bonds. The van der Waals surface area contributed by atoms with E-state index in [1.807, 2.05) is 38.1 Å². The van der Waals surface area contributed by atoms with Crippen LogP contribution in [0.2, 0.25) is 0 Å². The molecule has 0 aliphatic heterocycles. The Hall–Kier alpha value is -2.74. The lowest BCUT2D eigenvalue weighted by Gasteiger charge is -2.07. The highest BCUT2D eigenvalue weighted by Crippen LogP contribution is 2.22. The van der Waals surface area contributed by atoms with Gasteiger partial charge in [0.15, 0.2) is 5.82 Å². The van der Waals surface area contributed by atoms with Crippen LogP contribution in [0.4, 0.5) is 10.5 Å². The number of thiazole rings is 1. The standard InChI is InChI=1S/C20H25N5O2S/c1-12(2)17-24-18(27-25-17)14-5-7-15(8-6-14)23-20(26)21-10-9-16-11-28-19(22-16)13(3)4/h5-8,11-13H,9-10H2,1-4H3,(H2,21,23,26). The molecule has 28 heavy (non-hydrogen) atoms. The summed E-state index contributed by atoms with van der Waals surface area (Å²) in [5, 5.41) is 12.8. The van der Waals surface area contributed by atoms with E-state index in [9.17, 15) is 4.79 Å². The van der Waals surface area contributed by atoms with Crippen molar-refractivity contribution in [3.8, 4) is 11.5 Å². The fourth-order valence-electron chi connectivity index (χ4n) is 2.46. The molecule has 0 aliphatic carbocycles. The topological polar surface area (TPSA) is 92.9 Å². The second-order valence-electron chi connectivity index (χ2n) is 7.15. The monoisotopic (exact) mass is 399 g/mol. The molecule has 2 aromatic heterocycles. The smallest absolute Gasteiger partial charge is 0.319 e. The highest BCUT2D eigenvalue weighted by Gasteiger charge is 2.12. The van der Waals surface area contributed by atoms with Gasteiger partial charge < -0.3 is 15.2 Å². The maximum absolute atomic E-state index is 12.1. The number of urea groups is 1. The first kappa shape index (κ1) is 20.0. The highest BCUT2D eigenvalue weighted by molar-refractivity contribution is 7.09. The quantitative estimate of drug-likeness (QED) is 0.595. The molecule has 0 saturated carbocycles. The molecule has 148 valence electrons. The average molecular weight is 400 g/mol. The van der Waals surface area contributed by atoms with Crippen molar-refractivity contribution in [1.29, 1.82) is 0 Å². The number of hydrogen-bond acceptors (Lipinski definition) is 6. The first-order valence-corrected chi connectivity index (χ1v) is 10.2. The van der Waals surface area contributed by atoms with Crippen LogP contribution < -0.4 is 10.6 Å². The number of rotatable bonds is 7. The van der Waals surface area contributed by atoms with Gasteiger partial charge in [-0.25, -0.2) is 9.78 Å². The lowest BCUT2D eigenvalue weighted by atomic mass is 10.2. The predicted molar refractivity (Wildman–Crippen MR) is 111 cm³/mol. The summed E-state index contributed by atoms with van der Waals surface area (Å²) < 4.78 is 5.28. The summed E-state index contributed by atoms with van der Waals surface area (Å²) in [6.45, 7) is 8.81. The third-order valence-electron chi connectivity index (χ3n) is 4.08. The largest absolute Gasteiger partial charge is 0.337 e. The van der Waals surface area contributed by atoms with Crippen LogP contribution in [-0.2, 0) is 6.42 Å². The Morgan fingerprint density at radius 2 is 1.86 bits per heavy atom. The van der Waals surface area contributed by atoms with Crippen molar-refractivity contribution < 1.29 is 9.32 Å². The molecule has 0 atom stereocenters. The summed E-state index contributed by atoms with van der Waals surface area (Å²) in [6, 6.07) is 7.06. The number of nitrogens with one attached hydrogen (secondary N) is 2. The van der Waals surface area contributed by atoms with Crippen molar-refractivity contribution >= 4 is 23.1 Å². The second kappa shape index (κ2) is 8.97. The molecule has 0 aliphatic rings. The van der Waals surface area contributed by atoms with Crippen LogP contribution in [-0.4, -0.2) is 27.7 Å². The van der Waals surface area contributed by atoms with Crippen molar-refractivity contribution in [2.75, 3.05) is 11.9 Å². The Kier molecular flexibility index (Phi) is 6.41. The van der Waals surface area contributed by atoms with E-state index in [1.54, 1.807) is 11.3 Å². The molecule has 3 rings (SSSR count). The summed E-state index contributed by atoms with van der Waals surface area (Å²) in [6.07, 6.45) is 0.713. The van der Waals surface area contributed by atoms with Crippen molar-refractivity contribution in [3.05, 3.63) is 46.2 Å². The molecular weight excluding hydrogens is 374 g/mol. The van der Waals surface area contributed by atoms with Gasteiger partial charge in [0.1, 0.15) is 0 Å². The van der Waals surface area contributed by atoms with Gasteiger partial charge in [-0.1, -0.05) is 32.9 Å². The third kappa shape index (κ3) is 5.16. The van der Waals surface area contributed by atoms with Gasteiger partial charge in [-0.15, -0.1) is 11.3 Å². The molecule has 0 unspecified atom stereocenters. The first-order chi connectivity index (χ1) is 13.4. The SMILES string of the molecule is CC(C)c1noc(-c2ccc(NC(=O)NCCc3csc(C(C)C)n3)cc2)n1. The van der Waals surface area contributed by atoms with E-state index < -0.39 is 0 Å². The maximum Gasteiger partial charge on any atom is 0.319 e. The Morgan fingerprint density at radius 1 is 1.11 bits per heavy atom. The summed E-state index contributed by atoms with van der Waals surface area (Å²) in [5.74, 6) is 1.80. The molecule has 2 N–H and O–H groups in total. The summed E-state index contributed by atoms with van der Waals surface area (Å²) in [4.78, 5) is 21.0. The lowest BCUT2D eigenvalue weighted by molar-refractivity contribution is 0.252. The third-order valence-corrected chi connectivity index (χ3v) is 5.27. The predicted octanol–water partition coefficient (Wildman–Crippen LogP) is 4.80. The fraction of sp³-hybridized carbons (Fsp3) is 0.400. The zero-order valence-electron chi connectivity index (χ0n) is 16.5. The van der Waals surface area contributed by atoms with E-state index in [1.165, 1.54) is 0 Å². The van der Waals surface area contributed by atoms with Crippen LogP contribution in [0.5, 0.6) is 0 Å². The number of aromatic nitrogens is 3. The fourth-order valence-corrected chi connectivity index (χ4v) is 3.33.